The van der Waals surface area contributed by atoms with Crippen molar-refractivity contribution in [3.63, 3.8) is 0 Å². The van der Waals surface area contributed by atoms with E-state index >= 15 is 0 Å². The van der Waals surface area contributed by atoms with Gasteiger partial charge in [-0.2, -0.15) is 0 Å². The molecule has 4 heteroatoms. The summed E-state index contributed by atoms with van der Waals surface area (Å²) < 4.78 is 0. The Morgan fingerprint density at radius 3 is 2.35 bits per heavy atom. The summed E-state index contributed by atoms with van der Waals surface area (Å²) in [6, 6.07) is 17.1. The molecule has 2 aromatic carbocycles. The van der Waals surface area contributed by atoms with Gasteiger partial charge in [0.25, 0.3) is 0 Å². The van der Waals surface area contributed by atoms with Gasteiger partial charge in [0, 0.05) is 49.5 Å². The van der Waals surface area contributed by atoms with Crippen molar-refractivity contribution in [2.45, 2.75) is 13.0 Å². The van der Waals surface area contributed by atoms with E-state index in [4.69, 9.17) is 17.3 Å². The Labute approximate surface area is 143 Å². The molecule has 0 aromatic heterocycles. The maximum absolute atomic E-state index is 6.10. The Kier molecular flexibility index (Phi) is 5.21. The molecule has 1 fully saturated rings. The molecule has 1 saturated heterocycles. The number of benzene rings is 2. The van der Waals surface area contributed by atoms with E-state index in [2.05, 4.69) is 47.1 Å². The maximum Gasteiger partial charge on any atom is 0.0471 e. The summed E-state index contributed by atoms with van der Waals surface area (Å²) in [6.45, 7) is 6.81. The molecule has 1 aliphatic rings. The van der Waals surface area contributed by atoms with Crippen molar-refractivity contribution in [2.75, 3.05) is 37.6 Å². The molecule has 0 amide bonds. The van der Waals surface area contributed by atoms with Crippen LogP contribution >= 0.6 is 11.6 Å². The summed E-state index contributed by atoms with van der Waals surface area (Å²) in [5.41, 5.74) is 9.87. The molecule has 2 N–H and O–H groups in total. The van der Waals surface area contributed by atoms with Crippen LogP contribution in [0.5, 0.6) is 0 Å². The molecule has 1 atom stereocenters. The summed E-state index contributed by atoms with van der Waals surface area (Å²) >= 11 is 6.10. The zero-order valence-corrected chi connectivity index (χ0v) is 14.3. The van der Waals surface area contributed by atoms with Crippen molar-refractivity contribution in [1.82, 2.24) is 4.90 Å². The smallest absolute Gasteiger partial charge is 0.0471 e. The highest BCUT2D eigenvalue weighted by molar-refractivity contribution is 6.30. The first-order valence-electron chi connectivity index (χ1n) is 8.18. The number of nitrogens with two attached hydrogens (primary N) is 1. The quantitative estimate of drug-likeness (QED) is 0.932. The predicted octanol–water partition coefficient (Wildman–Crippen LogP) is 3.47. The minimum Gasteiger partial charge on any atom is -0.369 e. The third-order valence-corrected chi connectivity index (χ3v) is 4.85. The van der Waals surface area contributed by atoms with Crippen molar-refractivity contribution in [3.8, 4) is 0 Å². The standard InChI is InChI=1S/C19H24ClN3/c1-15-5-7-16(8-6-15)19(14-21)23-11-9-22(10-12-23)18-4-2-3-17(20)13-18/h2-8,13,19H,9-12,14,21H2,1H3. The lowest BCUT2D eigenvalue weighted by molar-refractivity contribution is 0.190. The van der Waals surface area contributed by atoms with Crippen LogP contribution in [0.3, 0.4) is 0 Å². The second kappa shape index (κ2) is 7.35. The van der Waals surface area contributed by atoms with Crippen LogP contribution in [0.15, 0.2) is 48.5 Å². The van der Waals surface area contributed by atoms with Crippen molar-refractivity contribution in [2.24, 2.45) is 5.73 Å². The van der Waals surface area contributed by atoms with Gasteiger partial charge in [0.2, 0.25) is 0 Å². The number of halogens is 1. The summed E-state index contributed by atoms with van der Waals surface area (Å²) in [5, 5.41) is 0.796. The number of aryl methyl sites for hydroxylation is 1. The fraction of sp³-hybridized carbons (Fsp3) is 0.368. The molecule has 1 unspecified atom stereocenters. The first-order valence-corrected chi connectivity index (χ1v) is 8.56. The Hall–Kier alpha value is -1.55. The Morgan fingerprint density at radius 1 is 1.04 bits per heavy atom. The molecule has 2 aromatic rings. The SMILES string of the molecule is Cc1ccc(C(CN)N2CCN(c3cccc(Cl)c3)CC2)cc1. The third kappa shape index (κ3) is 3.86. The first kappa shape index (κ1) is 16.3. The average molecular weight is 330 g/mol. The monoisotopic (exact) mass is 329 g/mol. The molecule has 3 rings (SSSR count). The third-order valence-electron chi connectivity index (χ3n) is 4.61. The van der Waals surface area contributed by atoms with E-state index in [9.17, 15) is 0 Å². The molecule has 0 spiro atoms. The fourth-order valence-corrected chi connectivity index (χ4v) is 3.43. The molecule has 122 valence electrons. The molecule has 0 bridgehead atoms. The van der Waals surface area contributed by atoms with Crippen molar-refractivity contribution in [1.29, 1.82) is 0 Å². The molecule has 0 radical (unpaired) electrons. The molecular formula is C19H24ClN3. The van der Waals surface area contributed by atoms with Crippen molar-refractivity contribution >= 4 is 17.3 Å². The number of rotatable bonds is 4. The van der Waals surface area contributed by atoms with Gasteiger partial charge >= 0.3 is 0 Å². The number of hydrogen-bond donors (Lipinski definition) is 1. The molecule has 0 saturated carbocycles. The van der Waals surface area contributed by atoms with Crippen LogP contribution in [0.2, 0.25) is 5.02 Å². The van der Waals surface area contributed by atoms with E-state index in [1.807, 2.05) is 18.2 Å². The van der Waals surface area contributed by atoms with E-state index in [1.165, 1.54) is 16.8 Å². The van der Waals surface area contributed by atoms with E-state index in [1.54, 1.807) is 0 Å². The first-order chi connectivity index (χ1) is 11.2. The molecule has 0 aliphatic carbocycles. The van der Waals surface area contributed by atoms with Crippen LogP contribution < -0.4 is 10.6 Å². The molecule has 3 nitrogen and oxygen atoms in total. The minimum atomic E-state index is 0.303. The van der Waals surface area contributed by atoms with Crippen LogP contribution in [0.25, 0.3) is 0 Å². The van der Waals surface area contributed by atoms with E-state index < -0.39 is 0 Å². The van der Waals surface area contributed by atoms with Crippen LogP contribution in [0, 0.1) is 6.92 Å². The van der Waals surface area contributed by atoms with Gasteiger partial charge in [0.05, 0.1) is 0 Å². The lowest BCUT2D eigenvalue weighted by atomic mass is 10.0. The van der Waals surface area contributed by atoms with Crippen LogP contribution in [0.4, 0.5) is 5.69 Å². The summed E-state index contributed by atoms with van der Waals surface area (Å²) in [6.07, 6.45) is 0. The highest BCUT2D eigenvalue weighted by Crippen LogP contribution is 2.25. The number of anilines is 1. The highest BCUT2D eigenvalue weighted by atomic mass is 35.5. The predicted molar refractivity (Wildman–Crippen MR) is 98.2 cm³/mol. The van der Waals surface area contributed by atoms with Crippen molar-refractivity contribution in [3.05, 3.63) is 64.7 Å². The van der Waals surface area contributed by atoms with Crippen molar-refractivity contribution < 1.29 is 0 Å². The van der Waals surface area contributed by atoms with E-state index in [0.717, 1.165) is 31.2 Å². The minimum absolute atomic E-state index is 0.303. The van der Waals surface area contributed by atoms with Gasteiger partial charge in [-0.1, -0.05) is 47.5 Å². The number of hydrogen-bond acceptors (Lipinski definition) is 3. The van der Waals surface area contributed by atoms with Gasteiger partial charge < -0.3 is 10.6 Å². The average Bonchev–Trinajstić information content (AvgIpc) is 2.58. The largest absolute Gasteiger partial charge is 0.369 e. The van der Waals surface area contributed by atoms with Crippen LogP contribution in [0.1, 0.15) is 17.2 Å². The van der Waals surface area contributed by atoms with Crippen LogP contribution in [-0.4, -0.2) is 37.6 Å². The van der Waals surface area contributed by atoms with Gasteiger partial charge in [-0.15, -0.1) is 0 Å². The Bertz CT molecular complexity index is 633. The van der Waals surface area contributed by atoms with Gasteiger partial charge in [-0.3, -0.25) is 4.90 Å². The normalized spacial score (nSPS) is 17.3. The zero-order chi connectivity index (χ0) is 16.2. The van der Waals surface area contributed by atoms with Gasteiger partial charge in [-0.25, -0.2) is 0 Å². The topological polar surface area (TPSA) is 32.5 Å². The second-order valence-electron chi connectivity index (χ2n) is 6.17. The molecule has 1 heterocycles. The second-order valence-corrected chi connectivity index (χ2v) is 6.60. The molecule has 1 aliphatic heterocycles. The fourth-order valence-electron chi connectivity index (χ4n) is 3.25. The number of piperazine rings is 1. The molecular weight excluding hydrogens is 306 g/mol. The van der Waals surface area contributed by atoms with Gasteiger partial charge in [-0.05, 0) is 30.7 Å². The number of nitrogens with zero attached hydrogens (tertiary/aromatic N) is 2. The summed E-state index contributed by atoms with van der Waals surface area (Å²) in [4.78, 5) is 4.89. The van der Waals surface area contributed by atoms with E-state index in [-0.39, 0.29) is 0 Å². The lowest BCUT2D eigenvalue weighted by Crippen LogP contribution is -2.49. The lowest BCUT2D eigenvalue weighted by Gasteiger charge is -2.40. The van der Waals surface area contributed by atoms with Gasteiger partial charge in [0.1, 0.15) is 0 Å². The highest BCUT2D eigenvalue weighted by Gasteiger charge is 2.24. The Balaban J connectivity index is 1.66. The van der Waals surface area contributed by atoms with Gasteiger partial charge in [0.15, 0.2) is 0 Å². The Morgan fingerprint density at radius 2 is 1.74 bits per heavy atom. The summed E-state index contributed by atoms with van der Waals surface area (Å²) in [5.74, 6) is 0. The maximum atomic E-state index is 6.10. The summed E-state index contributed by atoms with van der Waals surface area (Å²) in [7, 11) is 0. The van der Waals surface area contributed by atoms with Crippen LogP contribution in [-0.2, 0) is 0 Å². The van der Waals surface area contributed by atoms with E-state index in [0.29, 0.717) is 12.6 Å². The zero-order valence-electron chi connectivity index (χ0n) is 13.6. The molecule has 23 heavy (non-hydrogen) atoms.